The van der Waals surface area contributed by atoms with Crippen molar-refractivity contribution in [1.29, 1.82) is 0 Å². The van der Waals surface area contributed by atoms with Gasteiger partial charge in [-0.05, 0) is 12.1 Å². The van der Waals surface area contributed by atoms with E-state index in [0.29, 0.717) is 0 Å². The molecule has 0 unspecified atom stereocenters. The van der Waals surface area contributed by atoms with Gasteiger partial charge in [0.2, 0.25) is 0 Å². The van der Waals surface area contributed by atoms with Gasteiger partial charge in [0.15, 0.2) is 0 Å². The van der Waals surface area contributed by atoms with Crippen LogP contribution in [-0.2, 0) is 4.79 Å². The van der Waals surface area contributed by atoms with Crippen LogP contribution in [0.4, 0.5) is 0 Å². The second-order valence-corrected chi connectivity index (χ2v) is 2.63. The smallest absolute Gasteiger partial charge is 0.309 e. The summed E-state index contributed by atoms with van der Waals surface area (Å²) in [6.07, 6.45) is -0.436. The molecule has 5 nitrogen and oxygen atoms in total. The minimum atomic E-state index is -1.12. The predicted molar refractivity (Wildman–Crippen MR) is 48.7 cm³/mol. The van der Waals surface area contributed by atoms with Gasteiger partial charge in [-0.2, -0.15) is 0 Å². The average molecular weight is 195 g/mol. The molecule has 1 rings (SSSR count). The lowest BCUT2D eigenvalue weighted by Crippen LogP contribution is -2.08. The van der Waals surface area contributed by atoms with Crippen LogP contribution in [0.2, 0.25) is 0 Å². The number of phenols is 1. The van der Waals surface area contributed by atoms with Gasteiger partial charge in [-0.25, -0.2) is 0 Å². The van der Waals surface area contributed by atoms with Crippen molar-refractivity contribution in [2.24, 2.45) is 5.16 Å². The summed E-state index contributed by atoms with van der Waals surface area (Å²) >= 11 is 0. The molecule has 0 saturated heterocycles. The van der Waals surface area contributed by atoms with Crippen molar-refractivity contribution in [2.45, 2.75) is 6.42 Å². The Balaban J connectivity index is 3.02. The standard InChI is InChI=1S/C9H9NO4/c11-8-4-2-1-3-6(8)7(10-14)5-9(12)13/h1-4,11,14H,5H2,(H,12,13)/b10-7-. The minimum Gasteiger partial charge on any atom is -0.507 e. The number of carboxylic acid groups (broad SMARTS) is 1. The van der Waals surface area contributed by atoms with Crippen molar-refractivity contribution < 1.29 is 20.2 Å². The molecule has 14 heavy (non-hydrogen) atoms. The minimum absolute atomic E-state index is 0.0735. The highest BCUT2D eigenvalue weighted by atomic mass is 16.4. The summed E-state index contributed by atoms with van der Waals surface area (Å²) in [7, 11) is 0. The third kappa shape index (κ3) is 2.22. The Labute approximate surface area is 79.9 Å². The number of benzene rings is 1. The zero-order valence-corrected chi connectivity index (χ0v) is 7.21. The number of oxime groups is 1. The van der Waals surface area contributed by atoms with Crippen molar-refractivity contribution in [3.05, 3.63) is 29.8 Å². The lowest BCUT2D eigenvalue weighted by Gasteiger charge is -2.03. The molecule has 0 aliphatic carbocycles. The van der Waals surface area contributed by atoms with Crippen LogP contribution in [-0.4, -0.2) is 27.1 Å². The summed E-state index contributed by atoms with van der Waals surface area (Å²) in [6, 6.07) is 6.08. The van der Waals surface area contributed by atoms with Crippen LogP contribution in [0.5, 0.6) is 5.75 Å². The van der Waals surface area contributed by atoms with Crippen molar-refractivity contribution in [3.63, 3.8) is 0 Å². The number of rotatable bonds is 3. The summed E-state index contributed by atoms with van der Waals surface area (Å²) < 4.78 is 0. The number of hydrogen-bond donors (Lipinski definition) is 3. The molecule has 3 N–H and O–H groups in total. The number of aliphatic carboxylic acids is 1. The summed E-state index contributed by atoms with van der Waals surface area (Å²) in [4.78, 5) is 10.4. The number of carboxylic acids is 1. The van der Waals surface area contributed by atoms with Crippen molar-refractivity contribution in [1.82, 2.24) is 0 Å². The van der Waals surface area contributed by atoms with Crippen molar-refractivity contribution in [2.75, 3.05) is 0 Å². The molecule has 74 valence electrons. The second kappa shape index (κ2) is 4.27. The fraction of sp³-hybridized carbons (Fsp3) is 0.111. The first-order valence-corrected chi connectivity index (χ1v) is 3.86. The van der Waals surface area contributed by atoms with E-state index in [0.717, 1.165) is 0 Å². The summed E-state index contributed by atoms with van der Waals surface area (Å²) in [5.41, 5.74) is 0.146. The SMILES string of the molecule is O=C(O)C/C(=N/O)c1ccccc1O. The van der Waals surface area contributed by atoms with Gasteiger partial charge in [0.05, 0.1) is 6.42 Å². The molecule has 0 spiro atoms. The van der Waals surface area contributed by atoms with E-state index in [1.807, 2.05) is 0 Å². The van der Waals surface area contributed by atoms with Crippen LogP contribution in [0, 0.1) is 0 Å². The van der Waals surface area contributed by atoms with Gasteiger partial charge in [-0.1, -0.05) is 17.3 Å². The highest BCUT2D eigenvalue weighted by Crippen LogP contribution is 2.17. The molecule has 0 amide bonds. The Morgan fingerprint density at radius 3 is 2.50 bits per heavy atom. The molecule has 1 aromatic rings. The maximum absolute atomic E-state index is 10.4. The van der Waals surface area contributed by atoms with E-state index in [2.05, 4.69) is 5.16 Å². The molecule has 0 heterocycles. The van der Waals surface area contributed by atoms with E-state index in [-0.39, 0.29) is 17.0 Å². The third-order valence-electron chi connectivity index (χ3n) is 1.65. The van der Waals surface area contributed by atoms with E-state index in [1.165, 1.54) is 12.1 Å². The summed E-state index contributed by atoms with van der Waals surface area (Å²) in [5.74, 6) is -1.23. The predicted octanol–water partition coefficient (Wildman–Crippen LogP) is 1.05. The van der Waals surface area contributed by atoms with E-state index in [9.17, 15) is 9.90 Å². The van der Waals surface area contributed by atoms with Gasteiger partial charge in [0, 0.05) is 5.56 Å². The summed E-state index contributed by atoms with van der Waals surface area (Å²) in [6.45, 7) is 0. The first kappa shape index (κ1) is 10.0. The van der Waals surface area contributed by atoms with E-state index >= 15 is 0 Å². The van der Waals surface area contributed by atoms with Crippen LogP contribution in [0.15, 0.2) is 29.4 Å². The van der Waals surface area contributed by atoms with E-state index in [1.54, 1.807) is 12.1 Å². The molecule has 0 aliphatic rings. The van der Waals surface area contributed by atoms with Crippen LogP contribution in [0.1, 0.15) is 12.0 Å². The van der Waals surface area contributed by atoms with Gasteiger partial charge < -0.3 is 15.4 Å². The normalized spacial score (nSPS) is 11.3. The Kier molecular flexibility index (Phi) is 3.06. The lowest BCUT2D eigenvalue weighted by atomic mass is 10.1. The number of phenolic OH excluding ortho intramolecular Hbond substituents is 1. The highest BCUT2D eigenvalue weighted by molar-refractivity contribution is 6.10. The number of aromatic hydroxyl groups is 1. The van der Waals surface area contributed by atoms with Crippen LogP contribution >= 0.6 is 0 Å². The highest BCUT2D eigenvalue weighted by Gasteiger charge is 2.12. The largest absolute Gasteiger partial charge is 0.507 e. The number of para-hydroxylation sites is 1. The Bertz CT molecular complexity index is 373. The van der Waals surface area contributed by atoms with Gasteiger partial charge in [0.25, 0.3) is 0 Å². The lowest BCUT2D eigenvalue weighted by molar-refractivity contribution is -0.135. The van der Waals surface area contributed by atoms with Gasteiger partial charge in [-0.15, -0.1) is 0 Å². The third-order valence-corrected chi connectivity index (χ3v) is 1.65. The van der Waals surface area contributed by atoms with Crippen LogP contribution < -0.4 is 0 Å². The molecule has 1 aromatic carbocycles. The maximum Gasteiger partial charge on any atom is 0.309 e. The fourth-order valence-electron chi connectivity index (χ4n) is 1.05. The van der Waals surface area contributed by atoms with Gasteiger partial charge in [0.1, 0.15) is 11.5 Å². The fourth-order valence-corrected chi connectivity index (χ4v) is 1.05. The monoisotopic (exact) mass is 195 g/mol. The quantitative estimate of drug-likeness (QED) is 0.382. The maximum atomic E-state index is 10.4. The molecular formula is C9H9NO4. The number of hydrogen-bond acceptors (Lipinski definition) is 4. The zero-order chi connectivity index (χ0) is 10.6. The molecular weight excluding hydrogens is 186 g/mol. The second-order valence-electron chi connectivity index (χ2n) is 2.63. The van der Waals surface area contributed by atoms with E-state index < -0.39 is 12.4 Å². The Morgan fingerprint density at radius 2 is 2.00 bits per heavy atom. The van der Waals surface area contributed by atoms with Gasteiger partial charge in [-0.3, -0.25) is 4.79 Å². The summed E-state index contributed by atoms with van der Waals surface area (Å²) in [5, 5.41) is 29.2. The molecule has 5 heteroatoms. The van der Waals surface area contributed by atoms with Crippen molar-refractivity contribution >= 4 is 11.7 Å². The van der Waals surface area contributed by atoms with Crippen LogP contribution in [0.3, 0.4) is 0 Å². The van der Waals surface area contributed by atoms with Gasteiger partial charge >= 0.3 is 5.97 Å². The number of nitrogens with zero attached hydrogens (tertiary/aromatic N) is 1. The topological polar surface area (TPSA) is 90.1 Å². The first-order chi connectivity index (χ1) is 6.65. The first-order valence-electron chi connectivity index (χ1n) is 3.86. The molecule has 0 saturated carbocycles. The number of carbonyl (C=O) groups is 1. The molecule has 0 aliphatic heterocycles. The Hall–Kier alpha value is -2.04. The van der Waals surface area contributed by atoms with Crippen LogP contribution in [0.25, 0.3) is 0 Å². The zero-order valence-electron chi connectivity index (χ0n) is 7.21. The average Bonchev–Trinajstić information content (AvgIpc) is 2.15. The Morgan fingerprint density at radius 1 is 1.36 bits per heavy atom. The molecule has 0 atom stereocenters. The molecule has 0 fully saturated rings. The molecule has 0 aromatic heterocycles. The molecule has 0 radical (unpaired) electrons. The van der Waals surface area contributed by atoms with E-state index in [4.69, 9.17) is 10.3 Å². The molecule has 0 bridgehead atoms. The van der Waals surface area contributed by atoms with Crippen molar-refractivity contribution in [3.8, 4) is 5.75 Å².